The van der Waals surface area contributed by atoms with E-state index in [1.165, 1.54) is 0 Å². The normalized spacial score (nSPS) is 20.2. The van der Waals surface area contributed by atoms with Crippen LogP contribution in [0.5, 0.6) is 0 Å². The lowest BCUT2D eigenvalue weighted by Crippen LogP contribution is -2.36. The van der Waals surface area contributed by atoms with Crippen molar-refractivity contribution in [2.45, 2.75) is 18.7 Å². The van der Waals surface area contributed by atoms with Gasteiger partial charge in [-0.05, 0) is 11.6 Å². The molecule has 5 nitrogen and oxygen atoms in total. The highest BCUT2D eigenvalue weighted by Gasteiger charge is 2.18. The van der Waals surface area contributed by atoms with Crippen molar-refractivity contribution < 1.29 is 4.92 Å². The maximum atomic E-state index is 10.9. The van der Waals surface area contributed by atoms with E-state index in [0.29, 0.717) is 10.9 Å². The van der Waals surface area contributed by atoms with Gasteiger partial charge < -0.3 is 5.32 Å². The largest absolute Gasteiger partial charge is 0.383 e. The zero-order valence-electron chi connectivity index (χ0n) is 11.3. The number of nitro benzene ring substituents is 1. The zero-order valence-corrected chi connectivity index (χ0v) is 12.1. The van der Waals surface area contributed by atoms with Crippen molar-refractivity contribution >= 4 is 23.1 Å². The number of rotatable bonds is 4. The van der Waals surface area contributed by atoms with Crippen LogP contribution in [0.25, 0.3) is 0 Å². The fourth-order valence-corrected chi connectivity index (χ4v) is 3.42. The van der Waals surface area contributed by atoms with Gasteiger partial charge in [-0.15, -0.1) is 0 Å². The molecule has 0 spiro atoms. The second-order valence-electron chi connectivity index (χ2n) is 4.78. The van der Waals surface area contributed by atoms with Crippen LogP contribution in [0.2, 0.25) is 0 Å². The Morgan fingerprint density at radius 3 is 3.00 bits per heavy atom. The standard InChI is InChI=1S/C13H19N3O2S/c1-10-8-15(5-6-19-10)9-11-3-4-13(16(17)18)12(7-11)14-2/h3-4,7,10,14H,5-6,8-9H2,1-2H3. The second-order valence-corrected chi connectivity index (χ2v) is 6.32. The molecule has 19 heavy (non-hydrogen) atoms. The first-order valence-corrected chi connectivity index (χ1v) is 7.44. The highest BCUT2D eigenvalue weighted by molar-refractivity contribution is 7.99. The first-order chi connectivity index (χ1) is 9.10. The first kappa shape index (κ1) is 14.1. The van der Waals surface area contributed by atoms with Gasteiger partial charge in [0.2, 0.25) is 0 Å². The third-order valence-corrected chi connectivity index (χ3v) is 4.39. The average molecular weight is 281 g/mol. The molecule has 1 atom stereocenters. The first-order valence-electron chi connectivity index (χ1n) is 6.39. The van der Waals surface area contributed by atoms with Crippen molar-refractivity contribution in [2.24, 2.45) is 0 Å². The topological polar surface area (TPSA) is 58.4 Å². The lowest BCUT2D eigenvalue weighted by Gasteiger charge is -2.30. The minimum absolute atomic E-state index is 0.133. The Morgan fingerprint density at radius 2 is 2.37 bits per heavy atom. The van der Waals surface area contributed by atoms with Crippen LogP contribution in [0, 0.1) is 10.1 Å². The van der Waals surface area contributed by atoms with E-state index >= 15 is 0 Å². The van der Waals surface area contributed by atoms with Crippen LogP contribution in [-0.2, 0) is 6.54 Å². The summed E-state index contributed by atoms with van der Waals surface area (Å²) in [5.74, 6) is 1.16. The molecule has 0 amide bonds. The second kappa shape index (κ2) is 6.25. The smallest absolute Gasteiger partial charge is 0.292 e. The third kappa shape index (κ3) is 3.61. The van der Waals surface area contributed by atoms with E-state index < -0.39 is 0 Å². The fourth-order valence-electron chi connectivity index (χ4n) is 2.33. The van der Waals surface area contributed by atoms with Crippen molar-refractivity contribution in [1.82, 2.24) is 4.90 Å². The molecule has 1 aromatic carbocycles. The Labute approximate surface area is 117 Å². The summed E-state index contributed by atoms with van der Waals surface area (Å²) < 4.78 is 0. The van der Waals surface area contributed by atoms with Gasteiger partial charge in [-0.3, -0.25) is 15.0 Å². The van der Waals surface area contributed by atoms with Crippen LogP contribution < -0.4 is 5.32 Å². The van der Waals surface area contributed by atoms with Crippen LogP contribution >= 0.6 is 11.8 Å². The Balaban J connectivity index is 2.10. The van der Waals surface area contributed by atoms with E-state index in [9.17, 15) is 10.1 Å². The Kier molecular flexibility index (Phi) is 4.66. The predicted octanol–water partition coefficient (Wildman–Crippen LogP) is 2.57. The van der Waals surface area contributed by atoms with Crippen molar-refractivity contribution in [2.75, 3.05) is 31.2 Å². The highest BCUT2D eigenvalue weighted by Crippen LogP contribution is 2.26. The van der Waals surface area contributed by atoms with Gasteiger partial charge in [0.25, 0.3) is 5.69 Å². The van der Waals surface area contributed by atoms with Gasteiger partial charge in [-0.1, -0.05) is 13.0 Å². The van der Waals surface area contributed by atoms with E-state index in [1.54, 1.807) is 13.1 Å². The SMILES string of the molecule is CNc1cc(CN2CCSC(C)C2)ccc1[N+](=O)[O-]. The molecule has 1 aromatic rings. The summed E-state index contributed by atoms with van der Waals surface area (Å²) in [7, 11) is 1.71. The van der Waals surface area contributed by atoms with Gasteiger partial charge in [0.15, 0.2) is 0 Å². The van der Waals surface area contributed by atoms with Crippen LogP contribution in [-0.4, -0.2) is 41.0 Å². The third-order valence-electron chi connectivity index (χ3n) is 3.26. The number of anilines is 1. The molecule has 1 heterocycles. The lowest BCUT2D eigenvalue weighted by molar-refractivity contribution is -0.384. The molecule has 0 radical (unpaired) electrons. The van der Waals surface area contributed by atoms with Crippen molar-refractivity contribution in [1.29, 1.82) is 0 Å². The molecule has 0 aromatic heterocycles. The minimum Gasteiger partial charge on any atom is -0.383 e. The van der Waals surface area contributed by atoms with Gasteiger partial charge in [0, 0.05) is 43.8 Å². The van der Waals surface area contributed by atoms with Crippen molar-refractivity contribution in [3.05, 3.63) is 33.9 Å². The Bertz CT molecular complexity index is 467. The van der Waals surface area contributed by atoms with Gasteiger partial charge in [0.1, 0.15) is 5.69 Å². The van der Waals surface area contributed by atoms with Crippen LogP contribution in [0.4, 0.5) is 11.4 Å². The average Bonchev–Trinajstić information content (AvgIpc) is 2.38. The van der Waals surface area contributed by atoms with E-state index in [0.717, 1.165) is 31.0 Å². The number of nitrogens with zero attached hydrogens (tertiary/aromatic N) is 2. The summed E-state index contributed by atoms with van der Waals surface area (Å²) in [6.45, 7) is 5.26. The summed E-state index contributed by atoms with van der Waals surface area (Å²) in [5, 5.41) is 14.4. The monoisotopic (exact) mass is 281 g/mol. The molecule has 1 N–H and O–H groups in total. The Hall–Kier alpha value is -1.27. The number of nitrogens with one attached hydrogen (secondary N) is 1. The van der Waals surface area contributed by atoms with Crippen LogP contribution in [0.15, 0.2) is 18.2 Å². The van der Waals surface area contributed by atoms with E-state index in [4.69, 9.17) is 0 Å². The molecule has 0 aliphatic carbocycles. The Morgan fingerprint density at radius 1 is 1.58 bits per heavy atom. The molecular formula is C13H19N3O2S. The maximum absolute atomic E-state index is 10.9. The van der Waals surface area contributed by atoms with Crippen molar-refractivity contribution in [3.63, 3.8) is 0 Å². The molecule has 0 saturated carbocycles. The quantitative estimate of drug-likeness (QED) is 0.679. The molecule has 104 valence electrons. The van der Waals surface area contributed by atoms with E-state index in [-0.39, 0.29) is 10.6 Å². The van der Waals surface area contributed by atoms with Gasteiger partial charge in [-0.2, -0.15) is 11.8 Å². The molecule has 6 heteroatoms. The summed E-state index contributed by atoms with van der Waals surface area (Å²) in [4.78, 5) is 12.9. The van der Waals surface area contributed by atoms with E-state index in [1.807, 2.05) is 23.9 Å². The summed E-state index contributed by atoms with van der Waals surface area (Å²) in [6, 6.07) is 5.32. The molecule has 0 bridgehead atoms. The van der Waals surface area contributed by atoms with Gasteiger partial charge in [0.05, 0.1) is 4.92 Å². The lowest BCUT2D eigenvalue weighted by atomic mass is 10.1. The summed E-state index contributed by atoms with van der Waals surface area (Å²) >= 11 is 2.00. The van der Waals surface area contributed by atoms with Crippen LogP contribution in [0.1, 0.15) is 12.5 Å². The number of hydrogen-bond donors (Lipinski definition) is 1. The summed E-state index contributed by atoms with van der Waals surface area (Å²) in [6.07, 6.45) is 0. The number of benzene rings is 1. The van der Waals surface area contributed by atoms with Gasteiger partial charge in [-0.25, -0.2) is 0 Å². The maximum Gasteiger partial charge on any atom is 0.292 e. The predicted molar refractivity (Wildman–Crippen MR) is 79.8 cm³/mol. The molecule has 1 unspecified atom stereocenters. The number of hydrogen-bond acceptors (Lipinski definition) is 5. The van der Waals surface area contributed by atoms with Crippen molar-refractivity contribution in [3.8, 4) is 0 Å². The molecule has 2 rings (SSSR count). The van der Waals surface area contributed by atoms with Gasteiger partial charge >= 0.3 is 0 Å². The van der Waals surface area contributed by atoms with E-state index in [2.05, 4.69) is 17.1 Å². The number of nitro groups is 1. The molecule has 1 aliphatic rings. The molecule has 1 fully saturated rings. The molecule has 1 saturated heterocycles. The zero-order chi connectivity index (χ0) is 13.8. The fraction of sp³-hybridized carbons (Fsp3) is 0.538. The molecule has 1 aliphatic heterocycles. The number of thioether (sulfide) groups is 1. The molecular weight excluding hydrogens is 262 g/mol. The summed E-state index contributed by atoms with van der Waals surface area (Å²) in [5.41, 5.74) is 1.84. The van der Waals surface area contributed by atoms with Crippen LogP contribution in [0.3, 0.4) is 0 Å². The highest BCUT2D eigenvalue weighted by atomic mass is 32.2. The minimum atomic E-state index is -0.352.